The average molecular weight is 1380 g/mol. The maximum atomic E-state index is 14.6. The van der Waals surface area contributed by atoms with Crippen LogP contribution in [0, 0.1) is 23.7 Å². The number of ketones is 2. The van der Waals surface area contributed by atoms with E-state index in [1.807, 2.05) is 0 Å². The zero-order chi connectivity index (χ0) is 69.5. The first-order chi connectivity index (χ1) is 47.7. The number of nitrogens with zero attached hydrogens (tertiary/aromatic N) is 1. The molecular weight excluding hydrogens is 1280 g/mol. The number of hydrogen-bond donors (Lipinski definition) is 6. The second-order valence-corrected chi connectivity index (χ2v) is 29.0. The van der Waals surface area contributed by atoms with Gasteiger partial charge in [-0.05, 0) is 80.4 Å². The first-order valence-corrected chi connectivity index (χ1v) is 35.7. The average Bonchev–Trinajstić information content (AvgIpc) is 1.55. The first kappa shape index (κ1) is 72.6. The number of hydrogen-bond acceptors (Lipinski definition) is 21. The monoisotopic (exact) mass is 1380 g/mol. The zero-order valence-electron chi connectivity index (χ0n) is 56.7. The van der Waals surface area contributed by atoms with Crippen molar-refractivity contribution in [1.82, 2.24) is 31.5 Å². The molecule has 12 aliphatic heterocycles. The summed E-state index contributed by atoms with van der Waals surface area (Å²) in [6.07, 6.45) is 4.18. The lowest BCUT2D eigenvalue weighted by Crippen LogP contribution is -2.61. The Labute approximate surface area is 576 Å². The van der Waals surface area contributed by atoms with Crippen LogP contribution >= 0.6 is 0 Å². The summed E-state index contributed by atoms with van der Waals surface area (Å²) in [5.41, 5.74) is 2.72. The Bertz CT molecular complexity index is 3140. The predicted molar refractivity (Wildman–Crippen MR) is 349 cm³/mol. The Kier molecular flexibility index (Phi) is 24.1. The van der Waals surface area contributed by atoms with E-state index >= 15 is 0 Å². The molecule has 27 nitrogen and oxygen atoms in total. The molecule has 27 heteroatoms. The summed E-state index contributed by atoms with van der Waals surface area (Å²) >= 11 is 0. The van der Waals surface area contributed by atoms with Gasteiger partial charge in [0.2, 0.25) is 29.5 Å². The minimum Gasteiger partial charge on any atom is -0.391 e. The number of methoxy groups -OCH3 is 1. The second-order valence-electron chi connectivity index (χ2n) is 29.0. The van der Waals surface area contributed by atoms with Crippen LogP contribution in [0.5, 0.6) is 0 Å². The van der Waals surface area contributed by atoms with Gasteiger partial charge in [-0.1, -0.05) is 50.4 Å². The molecule has 12 heterocycles. The molecule has 1 aromatic rings. The van der Waals surface area contributed by atoms with Gasteiger partial charge in [0.15, 0.2) is 5.79 Å². The lowest BCUT2D eigenvalue weighted by Gasteiger charge is -2.47. The van der Waals surface area contributed by atoms with E-state index in [0.717, 1.165) is 48.2 Å². The highest BCUT2D eigenvalue weighted by atomic mass is 16.8. The van der Waals surface area contributed by atoms with Gasteiger partial charge in [0, 0.05) is 102 Å². The fourth-order valence-corrected chi connectivity index (χ4v) is 16.5. The predicted octanol–water partition coefficient (Wildman–Crippen LogP) is 2.01. The zero-order valence-corrected chi connectivity index (χ0v) is 56.7. The number of fused-ring (bicyclic) bond motifs is 6. The van der Waals surface area contributed by atoms with Gasteiger partial charge in [-0.3, -0.25) is 48.1 Å². The smallest absolute Gasteiger partial charge is 0.253 e. The minimum atomic E-state index is -1.17. The summed E-state index contributed by atoms with van der Waals surface area (Å²) in [7, 11) is 1.57. The third-order valence-electron chi connectivity index (χ3n) is 21.8. The van der Waals surface area contributed by atoms with Gasteiger partial charge >= 0.3 is 0 Å². The second kappa shape index (κ2) is 32.8. The summed E-state index contributed by atoms with van der Waals surface area (Å²) in [5, 5.41) is 24.5. The lowest BCUT2D eigenvalue weighted by atomic mass is 9.81. The number of carbonyl (C=O) groups excluding carboxylic acids is 9. The maximum Gasteiger partial charge on any atom is 0.253 e. The summed E-state index contributed by atoms with van der Waals surface area (Å²) in [5.74, 6) is -5.82. The summed E-state index contributed by atoms with van der Waals surface area (Å²) in [6, 6.07) is 7.72. The summed E-state index contributed by atoms with van der Waals surface area (Å²) < 4.78 is 72.4. The first-order valence-electron chi connectivity index (χ1n) is 35.7. The number of aliphatic hydroxyl groups is 1. The SMILES string of the molecule is C=C1C[C@@H]2CC[C@@]34C[C@H]5OC6C(O[C@H]7CC[C@H](CC(=O)C[C@@H]8[C@@H](OC)[C@@H](C[C@H](O)CNC(=O)CNC(=O)[C@H](Cc9ccccc9)NC(=O)CNC(=O)CNC(=O)CCC9COCC(C(=O)CCCN%10C(=O)C=CC%10=O)COC9)O[C@H]8C[C@H]8O[C@@H](CC[C@@H]1O2)C[C@@H](C)C8=C)O[C@@H]7[C@@H]6O3)[C@H]5O4. The van der Waals surface area contributed by atoms with Gasteiger partial charge in [0.05, 0.1) is 119 Å². The fourth-order valence-electron chi connectivity index (χ4n) is 16.5. The number of rotatable bonds is 23. The van der Waals surface area contributed by atoms with E-state index in [2.05, 4.69) is 46.7 Å². The van der Waals surface area contributed by atoms with Gasteiger partial charge < -0.3 is 83.8 Å². The van der Waals surface area contributed by atoms with E-state index in [-0.39, 0.29) is 156 Å². The molecule has 13 rings (SSSR count). The number of amides is 7. The Morgan fingerprint density at radius 2 is 1.36 bits per heavy atom. The molecule has 0 aromatic heterocycles. The van der Waals surface area contributed by atoms with Crippen molar-refractivity contribution in [2.24, 2.45) is 23.7 Å². The van der Waals surface area contributed by atoms with Crippen LogP contribution in [0.2, 0.25) is 0 Å². The largest absolute Gasteiger partial charge is 0.391 e. The van der Waals surface area contributed by atoms with Crippen LogP contribution in [0.15, 0.2) is 66.8 Å². The molecule has 2 unspecified atom stereocenters. The number of Topliss-reactive ketones (excluding diaryl/α,β-unsaturated/α-hetero) is 2. The van der Waals surface area contributed by atoms with Gasteiger partial charge in [0.1, 0.15) is 48.1 Å². The van der Waals surface area contributed by atoms with Gasteiger partial charge in [-0.2, -0.15) is 0 Å². The van der Waals surface area contributed by atoms with E-state index in [4.69, 9.17) is 52.1 Å². The molecule has 11 fully saturated rings. The number of aliphatic hydroxyl groups excluding tert-OH is 1. The Balaban J connectivity index is 0.600. The molecule has 0 aliphatic carbocycles. The van der Waals surface area contributed by atoms with E-state index < -0.39 is 127 Å². The molecule has 20 atom stereocenters. The minimum absolute atomic E-state index is 0.0218. The fraction of sp³-hybridized carbons (Fsp3) is 0.708. The topological polar surface area (TPSA) is 339 Å². The highest BCUT2D eigenvalue weighted by Gasteiger charge is 2.69. The molecule has 6 N–H and O–H groups in total. The number of carbonyl (C=O) groups is 9. The van der Waals surface area contributed by atoms with Crippen molar-refractivity contribution in [2.45, 2.75) is 232 Å². The van der Waals surface area contributed by atoms with E-state index in [1.54, 1.807) is 37.4 Å². The van der Waals surface area contributed by atoms with E-state index in [1.165, 1.54) is 12.2 Å². The molecule has 1 spiro atoms. The molecule has 7 amide bonds. The highest BCUT2D eigenvalue weighted by molar-refractivity contribution is 6.12. The van der Waals surface area contributed by atoms with Gasteiger partial charge in [-0.15, -0.1) is 0 Å². The highest BCUT2D eigenvalue weighted by Crippen LogP contribution is 2.55. The Hall–Kier alpha value is -6.21. The molecule has 542 valence electrons. The van der Waals surface area contributed by atoms with Crippen LogP contribution in [0.3, 0.4) is 0 Å². The Morgan fingerprint density at radius 3 is 2.14 bits per heavy atom. The molecule has 0 saturated carbocycles. The molecule has 1 aromatic carbocycles. The molecule has 12 bridgehead atoms. The van der Waals surface area contributed by atoms with E-state index in [9.17, 15) is 48.3 Å². The molecule has 12 aliphatic rings. The number of ether oxygens (including phenoxy) is 11. The van der Waals surface area contributed by atoms with Crippen LogP contribution in [0.1, 0.15) is 122 Å². The Morgan fingerprint density at radius 1 is 0.677 bits per heavy atom. The van der Waals surface area contributed by atoms with Crippen molar-refractivity contribution in [2.75, 3.05) is 66.3 Å². The van der Waals surface area contributed by atoms with Crippen molar-refractivity contribution < 1.29 is 100 Å². The van der Waals surface area contributed by atoms with Crippen LogP contribution < -0.4 is 26.6 Å². The summed E-state index contributed by atoms with van der Waals surface area (Å²) in [6.45, 7) is 10.3. The summed E-state index contributed by atoms with van der Waals surface area (Å²) in [4.78, 5) is 118. The number of benzene rings is 1. The normalized spacial score (nSPS) is 36.4. The maximum absolute atomic E-state index is 14.6. The van der Waals surface area contributed by atoms with E-state index in [0.29, 0.717) is 50.5 Å². The standard InChI is InChI=1S/C72H98N6O21/c1-39-23-47-13-15-53-40(2)24-49(92-53)20-21-72-30-58-67(98-72)68-69(97-58)70(99-72)66-54(96-68)16-14-48(94-66)26-45(79)27-50-56(29-55(93-47)41(39)3)95-57(65(50)89-4)28-46(80)31-73-61(84)33-76-71(88)51(25-42-9-6-5-7-10-42)77-62(85)34-75-60(83)32-74-59(82)17-12-43-35-90-37-44(38-91-36-43)52(81)11-8-22-78-63(86)18-19-64(78)87/h5-7,9-10,18-19,39,43-44,46-51,53-58,65-70,80H,2-3,8,11-17,20-38H2,1,4H3,(H,73,84)(H,74,82)(H,75,83)(H,76,88)(H,77,85)/t39-,43?,44?,46+,47+,48-,49+,50+,51+,53+,54+,55-,56+,57-,58-,65-,66+,67+,68?,69?,70+,72+/m1/s1. The third-order valence-corrected chi connectivity index (χ3v) is 21.8. The van der Waals surface area contributed by atoms with Gasteiger partial charge in [-0.25, -0.2) is 0 Å². The van der Waals surface area contributed by atoms with Crippen LogP contribution in [0.4, 0.5) is 0 Å². The third kappa shape index (κ3) is 18.0. The molecule has 0 radical (unpaired) electrons. The van der Waals surface area contributed by atoms with Crippen molar-refractivity contribution in [3.05, 3.63) is 72.4 Å². The number of nitrogens with one attached hydrogen (secondary N) is 5. The molecule has 99 heavy (non-hydrogen) atoms. The van der Waals surface area contributed by atoms with Crippen molar-refractivity contribution >= 4 is 52.9 Å². The van der Waals surface area contributed by atoms with Crippen molar-refractivity contribution in [3.63, 3.8) is 0 Å². The van der Waals surface area contributed by atoms with Crippen LogP contribution in [-0.2, 0) is 102 Å². The van der Waals surface area contributed by atoms with Crippen LogP contribution in [-0.4, -0.2) is 239 Å². The van der Waals surface area contributed by atoms with Gasteiger partial charge in [0.25, 0.3) is 11.8 Å². The number of imide groups is 1. The van der Waals surface area contributed by atoms with Crippen molar-refractivity contribution in [1.29, 1.82) is 0 Å². The molecule has 11 saturated heterocycles. The van der Waals surface area contributed by atoms with Crippen molar-refractivity contribution in [3.8, 4) is 0 Å². The quantitative estimate of drug-likeness (QED) is 0.0674. The van der Waals surface area contributed by atoms with Crippen LogP contribution in [0.25, 0.3) is 0 Å². The lowest BCUT2D eigenvalue weighted by molar-refractivity contribution is -0.292. The molecular formula is C72H98N6O21.